The zero-order chi connectivity index (χ0) is 19.1. The summed E-state index contributed by atoms with van der Waals surface area (Å²) in [6.45, 7) is 7.32. The van der Waals surface area contributed by atoms with E-state index in [1.54, 1.807) is 4.90 Å². The van der Waals surface area contributed by atoms with Gasteiger partial charge in [-0.1, -0.05) is 11.6 Å². The summed E-state index contributed by atoms with van der Waals surface area (Å²) in [5, 5.41) is 10.7. The second-order valence-corrected chi connectivity index (χ2v) is 7.19. The van der Waals surface area contributed by atoms with Gasteiger partial charge in [-0.3, -0.25) is 10.1 Å². The summed E-state index contributed by atoms with van der Waals surface area (Å²) in [4.78, 5) is 34.0. The predicted molar refractivity (Wildman–Crippen MR) is 93.5 cm³/mol. The monoisotopic (exact) mass is 383 g/mol. The number of oxazole rings is 1. The summed E-state index contributed by atoms with van der Waals surface area (Å²) >= 11 is 5.79. The molecule has 1 aliphatic heterocycles. The second-order valence-electron chi connectivity index (χ2n) is 6.83. The van der Waals surface area contributed by atoms with Crippen molar-refractivity contribution in [2.45, 2.75) is 26.4 Å². The van der Waals surface area contributed by atoms with E-state index in [0.29, 0.717) is 26.2 Å². The van der Waals surface area contributed by atoms with Crippen LogP contribution < -0.4 is 4.90 Å². The lowest BCUT2D eigenvalue weighted by Crippen LogP contribution is -2.50. The molecule has 0 unspecified atom stereocenters. The number of amides is 1. The Morgan fingerprint density at radius 2 is 1.96 bits per heavy atom. The Morgan fingerprint density at radius 3 is 2.54 bits per heavy atom. The van der Waals surface area contributed by atoms with Crippen LogP contribution in [0.5, 0.6) is 0 Å². The molecule has 10 nitrogen and oxygen atoms in total. The molecule has 1 aliphatic rings. The van der Waals surface area contributed by atoms with Gasteiger partial charge in [-0.2, -0.15) is 4.98 Å². The fraction of sp³-hybridized carbons (Fsp3) is 0.533. The summed E-state index contributed by atoms with van der Waals surface area (Å²) < 4.78 is 10.9. The fourth-order valence-electron chi connectivity index (χ4n) is 2.49. The number of anilines is 1. The lowest BCUT2D eigenvalue weighted by atomic mass is 10.2. The second kappa shape index (κ2) is 6.60. The number of aromatic nitrogens is 2. The third-order valence-electron chi connectivity index (χ3n) is 3.70. The first kappa shape index (κ1) is 18.2. The Labute approximate surface area is 153 Å². The van der Waals surface area contributed by atoms with Gasteiger partial charge < -0.3 is 19.0 Å². The molecule has 0 bridgehead atoms. The normalized spacial score (nSPS) is 15.4. The van der Waals surface area contributed by atoms with Gasteiger partial charge in [-0.15, -0.1) is 0 Å². The van der Waals surface area contributed by atoms with Crippen molar-refractivity contribution >= 4 is 40.6 Å². The number of rotatable bonds is 2. The number of carbonyl (C=O) groups excluding carboxylic acids is 1. The van der Waals surface area contributed by atoms with Crippen LogP contribution in [-0.4, -0.2) is 57.7 Å². The molecule has 0 atom stereocenters. The Bertz CT molecular complexity index is 854. The van der Waals surface area contributed by atoms with Crippen molar-refractivity contribution in [1.82, 2.24) is 14.9 Å². The summed E-state index contributed by atoms with van der Waals surface area (Å²) in [5.74, 6) is 0. The van der Waals surface area contributed by atoms with Crippen molar-refractivity contribution in [3.8, 4) is 0 Å². The number of carbonyl (C=O) groups is 1. The number of nitro groups is 1. The van der Waals surface area contributed by atoms with Gasteiger partial charge in [0.05, 0.1) is 11.0 Å². The van der Waals surface area contributed by atoms with Gasteiger partial charge in [0.15, 0.2) is 5.58 Å². The average Bonchev–Trinajstić information content (AvgIpc) is 2.95. The van der Waals surface area contributed by atoms with Gasteiger partial charge in [-0.05, 0) is 20.8 Å². The highest BCUT2D eigenvalue weighted by Gasteiger charge is 2.28. The summed E-state index contributed by atoms with van der Waals surface area (Å²) in [6, 6.07) is 1.49. The van der Waals surface area contributed by atoms with Crippen LogP contribution in [-0.2, 0) is 4.74 Å². The molecule has 0 radical (unpaired) electrons. The van der Waals surface area contributed by atoms with E-state index in [1.165, 1.54) is 6.07 Å². The van der Waals surface area contributed by atoms with E-state index < -0.39 is 10.5 Å². The quantitative estimate of drug-likeness (QED) is 0.441. The maximum absolute atomic E-state index is 12.1. The number of ether oxygens (including phenoxy) is 1. The highest BCUT2D eigenvalue weighted by Crippen LogP contribution is 2.29. The smallest absolute Gasteiger partial charge is 0.410 e. The van der Waals surface area contributed by atoms with Gasteiger partial charge in [0.1, 0.15) is 5.60 Å². The molecule has 0 aliphatic carbocycles. The van der Waals surface area contributed by atoms with E-state index in [9.17, 15) is 14.9 Å². The van der Waals surface area contributed by atoms with E-state index in [4.69, 9.17) is 20.8 Å². The number of pyridine rings is 1. The molecule has 26 heavy (non-hydrogen) atoms. The zero-order valence-corrected chi connectivity index (χ0v) is 15.3. The Balaban J connectivity index is 1.71. The maximum Gasteiger partial charge on any atom is 0.410 e. The molecular weight excluding hydrogens is 366 g/mol. The molecule has 1 amide bonds. The molecule has 0 spiro atoms. The first-order valence-electron chi connectivity index (χ1n) is 7.98. The van der Waals surface area contributed by atoms with Crippen LogP contribution in [0.2, 0.25) is 5.15 Å². The zero-order valence-electron chi connectivity index (χ0n) is 14.6. The fourth-order valence-corrected chi connectivity index (χ4v) is 2.69. The highest BCUT2D eigenvalue weighted by atomic mass is 35.5. The third-order valence-corrected chi connectivity index (χ3v) is 3.98. The molecule has 3 heterocycles. The first-order chi connectivity index (χ1) is 12.1. The van der Waals surface area contributed by atoms with E-state index in [2.05, 4.69) is 9.97 Å². The molecule has 1 fully saturated rings. The van der Waals surface area contributed by atoms with E-state index in [0.717, 1.165) is 0 Å². The highest BCUT2D eigenvalue weighted by molar-refractivity contribution is 6.31. The molecule has 0 saturated carbocycles. The minimum Gasteiger partial charge on any atom is -0.444 e. The van der Waals surface area contributed by atoms with Crippen LogP contribution in [0.1, 0.15) is 20.8 Å². The van der Waals surface area contributed by atoms with Gasteiger partial charge in [-0.25, -0.2) is 9.78 Å². The number of piperazine rings is 1. The van der Waals surface area contributed by atoms with Crippen molar-refractivity contribution in [3.63, 3.8) is 0 Å². The molecule has 3 rings (SSSR count). The van der Waals surface area contributed by atoms with E-state index >= 15 is 0 Å². The van der Waals surface area contributed by atoms with Crippen LogP contribution in [0.4, 0.5) is 16.5 Å². The van der Waals surface area contributed by atoms with Crippen LogP contribution in [0.25, 0.3) is 11.2 Å². The average molecular weight is 384 g/mol. The SMILES string of the molecule is CC(C)(C)OC(=O)N1CCN(c2nc3nc(Cl)c([N+](=O)[O-])cc3o2)CC1. The minimum absolute atomic E-state index is 0.186. The summed E-state index contributed by atoms with van der Waals surface area (Å²) in [6.07, 6.45) is -0.362. The molecule has 1 saturated heterocycles. The number of hydrogen-bond donors (Lipinski definition) is 0. The molecule has 0 aromatic carbocycles. The Morgan fingerprint density at radius 1 is 1.31 bits per heavy atom. The molecule has 0 N–H and O–H groups in total. The van der Waals surface area contributed by atoms with Gasteiger partial charge >= 0.3 is 11.8 Å². The standard InChI is InChI=1S/C15H18ClN5O5/c1-15(2,3)26-14(22)20-6-4-19(5-7-20)13-18-12-10(25-13)8-9(21(23)24)11(16)17-12/h8H,4-7H2,1-3H3. The summed E-state index contributed by atoms with van der Waals surface area (Å²) in [7, 11) is 0. The summed E-state index contributed by atoms with van der Waals surface area (Å²) in [5.41, 5.74) is -0.499. The molecule has 140 valence electrons. The maximum atomic E-state index is 12.1. The van der Waals surface area contributed by atoms with Crippen LogP contribution >= 0.6 is 11.6 Å². The van der Waals surface area contributed by atoms with Crippen molar-refractivity contribution in [1.29, 1.82) is 0 Å². The largest absolute Gasteiger partial charge is 0.444 e. The van der Waals surface area contributed by atoms with Crippen molar-refractivity contribution < 1.29 is 18.9 Å². The van der Waals surface area contributed by atoms with Crippen LogP contribution in [0.3, 0.4) is 0 Å². The van der Waals surface area contributed by atoms with Crippen molar-refractivity contribution in [2.75, 3.05) is 31.1 Å². The molecular formula is C15H18ClN5O5. The molecule has 11 heteroatoms. The first-order valence-corrected chi connectivity index (χ1v) is 8.36. The van der Waals surface area contributed by atoms with Gasteiger partial charge in [0, 0.05) is 26.2 Å². The van der Waals surface area contributed by atoms with Crippen LogP contribution in [0.15, 0.2) is 10.5 Å². The number of fused-ring (bicyclic) bond motifs is 1. The van der Waals surface area contributed by atoms with Gasteiger partial charge in [0.25, 0.3) is 6.01 Å². The van der Waals surface area contributed by atoms with Gasteiger partial charge in [0.2, 0.25) is 10.8 Å². The Hall–Kier alpha value is -2.62. The van der Waals surface area contributed by atoms with Crippen LogP contribution in [0, 0.1) is 10.1 Å². The van der Waals surface area contributed by atoms with E-state index in [-0.39, 0.29) is 34.2 Å². The molecule has 2 aromatic heterocycles. The minimum atomic E-state index is -0.628. The van der Waals surface area contributed by atoms with Crippen molar-refractivity contribution in [2.24, 2.45) is 0 Å². The number of nitrogens with zero attached hydrogens (tertiary/aromatic N) is 5. The number of halogens is 1. The predicted octanol–water partition coefficient (Wildman–Crippen LogP) is 2.84. The number of hydrogen-bond acceptors (Lipinski definition) is 8. The lowest BCUT2D eigenvalue weighted by Gasteiger charge is -2.34. The van der Waals surface area contributed by atoms with E-state index in [1.807, 2.05) is 25.7 Å². The Kier molecular flexibility index (Phi) is 4.61. The lowest BCUT2D eigenvalue weighted by molar-refractivity contribution is -0.384. The topological polar surface area (TPSA) is 115 Å². The third kappa shape index (κ3) is 3.79. The molecule has 2 aromatic rings. The van der Waals surface area contributed by atoms with Crippen molar-refractivity contribution in [3.05, 3.63) is 21.3 Å².